The fourth-order valence-electron chi connectivity index (χ4n) is 2.08. The number of sulfone groups is 1. The average molecular weight is 413 g/mol. The normalized spacial score (nSPS) is 15.4. The quantitative estimate of drug-likeness (QED) is 0.530. The molecule has 0 aliphatic rings. The summed E-state index contributed by atoms with van der Waals surface area (Å²) in [6.07, 6.45) is 3.76. The van der Waals surface area contributed by atoms with Crippen molar-refractivity contribution in [3.8, 4) is 0 Å². The second-order valence-electron chi connectivity index (χ2n) is 7.84. The van der Waals surface area contributed by atoms with Gasteiger partial charge in [-0.2, -0.15) is 0 Å². The highest BCUT2D eigenvalue weighted by Crippen LogP contribution is 2.41. The predicted molar refractivity (Wildman–Crippen MR) is 102 cm³/mol. The number of rotatable bonds is 6. The van der Waals surface area contributed by atoms with E-state index in [2.05, 4.69) is 19.9 Å². The molecule has 0 fully saturated rings. The molecule has 2 rings (SSSR count). The van der Waals surface area contributed by atoms with Crippen LogP contribution in [0.2, 0.25) is 18.1 Å². The van der Waals surface area contributed by atoms with Crippen LogP contribution in [-0.4, -0.2) is 41.9 Å². The number of halogens is 1. The summed E-state index contributed by atoms with van der Waals surface area (Å²) in [6.45, 7) is 11.6. The summed E-state index contributed by atoms with van der Waals surface area (Å²) >= 11 is 0. The molecule has 0 unspecified atom stereocenters. The molecule has 0 saturated heterocycles. The Morgan fingerprint density at radius 3 is 2.07 bits per heavy atom. The van der Waals surface area contributed by atoms with Crippen molar-refractivity contribution in [2.45, 2.75) is 62.3 Å². The molecule has 0 N–H and O–H groups in total. The van der Waals surface area contributed by atoms with Crippen molar-refractivity contribution in [3.63, 3.8) is 0 Å². The van der Waals surface area contributed by atoms with Crippen molar-refractivity contribution in [1.82, 2.24) is 19.9 Å². The highest BCUT2D eigenvalue weighted by molar-refractivity contribution is 7.91. The van der Waals surface area contributed by atoms with Crippen LogP contribution in [-0.2, 0) is 14.3 Å². The first-order chi connectivity index (χ1) is 12.4. The van der Waals surface area contributed by atoms with E-state index >= 15 is 0 Å². The van der Waals surface area contributed by atoms with Crippen LogP contribution < -0.4 is 0 Å². The molecule has 0 amide bonds. The summed E-state index contributed by atoms with van der Waals surface area (Å²) < 4.78 is 45.7. The van der Waals surface area contributed by atoms with Crippen molar-refractivity contribution in [2.24, 2.45) is 0 Å². The number of hydrogen-bond acceptors (Lipinski definition) is 7. The van der Waals surface area contributed by atoms with Crippen LogP contribution in [0.4, 0.5) is 4.39 Å². The SMILES string of the molecule is C[C@@H]([C@@H](O[Si](C)(C)C(C)(C)C)c1ncc(F)cn1)S(=O)(=O)c1ncccn1. The highest BCUT2D eigenvalue weighted by Gasteiger charge is 2.44. The lowest BCUT2D eigenvalue weighted by Gasteiger charge is -2.40. The molecule has 0 bridgehead atoms. The van der Waals surface area contributed by atoms with Crippen molar-refractivity contribution >= 4 is 18.2 Å². The molecule has 10 heteroatoms. The Hall–Kier alpha value is -1.78. The Balaban J connectivity index is 2.50. The van der Waals surface area contributed by atoms with Gasteiger partial charge in [-0.25, -0.2) is 32.7 Å². The first kappa shape index (κ1) is 21.5. The summed E-state index contributed by atoms with van der Waals surface area (Å²) in [5.41, 5.74) is 0. The molecule has 0 spiro atoms. The summed E-state index contributed by atoms with van der Waals surface area (Å²) in [5.74, 6) is -0.486. The van der Waals surface area contributed by atoms with Gasteiger partial charge in [-0.05, 0) is 31.1 Å². The smallest absolute Gasteiger partial charge is 0.247 e. The van der Waals surface area contributed by atoms with Crippen molar-refractivity contribution in [3.05, 3.63) is 42.5 Å². The Bertz CT molecular complexity index is 871. The molecule has 2 aromatic heterocycles. The van der Waals surface area contributed by atoms with Gasteiger partial charge in [0.25, 0.3) is 0 Å². The van der Waals surface area contributed by atoms with Crippen LogP contribution >= 0.6 is 0 Å². The second kappa shape index (κ2) is 7.68. The van der Waals surface area contributed by atoms with Gasteiger partial charge in [0.05, 0.1) is 17.6 Å². The topological polar surface area (TPSA) is 94.9 Å². The molecule has 2 aromatic rings. The van der Waals surface area contributed by atoms with E-state index < -0.39 is 35.3 Å². The van der Waals surface area contributed by atoms with Crippen LogP contribution in [0.3, 0.4) is 0 Å². The first-order valence-electron chi connectivity index (χ1n) is 8.52. The van der Waals surface area contributed by atoms with E-state index in [-0.39, 0.29) is 16.0 Å². The van der Waals surface area contributed by atoms with E-state index in [1.54, 1.807) is 0 Å². The zero-order chi connectivity index (χ0) is 20.5. The van der Waals surface area contributed by atoms with Crippen LogP contribution in [0.15, 0.2) is 36.0 Å². The third kappa shape index (κ3) is 4.74. The molecule has 7 nitrogen and oxygen atoms in total. The Morgan fingerprint density at radius 2 is 1.59 bits per heavy atom. The zero-order valence-electron chi connectivity index (χ0n) is 16.3. The van der Waals surface area contributed by atoms with Gasteiger partial charge in [0.2, 0.25) is 15.0 Å². The molecule has 0 aliphatic carbocycles. The van der Waals surface area contributed by atoms with E-state index in [9.17, 15) is 12.8 Å². The summed E-state index contributed by atoms with van der Waals surface area (Å²) in [7, 11) is -6.30. The van der Waals surface area contributed by atoms with E-state index in [0.29, 0.717) is 0 Å². The minimum Gasteiger partial charge on any atom is -0.405 e. The van der Waals surface area contributed by atoms with Gasteiger partial charge in [-0.3, -0.25) is 0 Å². The molecule has 2 atom stereocenters. The maximum absolute atomic E-state index is 13.3. The average Bonchev–Trinajstić information content (AvgIpc) is 2.59. The van der Waals surface area contributed by atoms with Crippen LogP contribution in [0.25, 0.3) is 0 Å². The van der Waals surface area contributed by atoms with Gasteiger partial charge in [0.15, 0.2) is 20.0 Å². The first-order valence-corrected chi connectivity index (χ1v) is 13.0. The maximum atomic E-state index is 13.3. The molecule has 0 aliphatic heterocycles. The van der Waals surface area contributed by atoms with Gasteiger partial charge < -0.3 is 4.43 Å². The molecule has 0 saturated carbocycles. The number of nitrogens with zero attached hydrogens (tertiary/aromatic N) is 4. The third-order valence-corrected chi connectivity index (χ3v) is 11.2. The maximum Gasteiger partial charge on any atom is 0.247 e. The molecular weight excluding hydrogens is 387 g/mol. The summed E-state index contributed by atoms with van der Waals surface area (Å²) in [6, 6.07) is 1.54. The minimum absolute atomic E-state index is 0.119. The lowest BCUT2D eigenvalue weighted by atomic mass is 10.2. The Kier molecular flexibility index (Phi) is 6.12. The lowest BCUT2D eigenvalue weighted by molar-refractivity contribution is 0.171. The van der Waals surface area contributed by atoms with Gasteiger partial charge in [-0.1, -0.05) is 20.8 Å². The Labute approximate surface area is 160 Å². The Morgan fingerprint density at radius 1 is 1.07 bits per heavy atom. The van der Waals surface area contributed by atoms with E-state index in [1.165, 1.54) is 25.4 Å². The monoisotopic (exact) mass is 412 g/mol. The second-order valence-corrected chi connectivity index (χ2v) is 14.8. The van der Waals surface area contributed by atoms with Gasteiger partial charge in [0, 0.05) is 12.4 Å². The van der Waals surface area contributed by atoms with Crippen LogP contribution in [0.1, 0.15) is 39.6 Å². The van der Waals surface area contributed by atoms with Gasteiger partial charge in [0.1, 0.15) is 6.10 Å². The zero-order valence-corrected chi connectivity index (χ0v) is 18.2. The van der Waals surface area contributed by atoms with Gasteiger partial charge >= 0.3 is 0 Å². The van der Waals surface area contributed by atoms with Crippen molar-refractivity contribution in [1.29, 1.82) is 0 Å². The molecular formula is C17H25FN4O3SSi. The van der Waals surface area contributed by atoms with Gasteiger partial charge in [-0.15, -0.1) is 0 Å². The lowest BCUT2D eigenvalue weighted by Crippen LogP contribution is -2.45. The molecule has 27 heavy (non-hydrogen) atoms. The standard InChI is InChI=1S/C17H25FN4O3SSi/c1-12(26(23,24)16-19-8-7-9-20-16)14(15-21-10-13(18)11-22-15)25-27(5,6)17(2,3)4/h7-12,14H,1-6H3/t12-,14+/m0/s1. The fourth-order valence-corrected chi connectivity index (χ4v) is 4.73. The van der Waals surface area contributed by atoms with Crippen LogP contribution in [0, 0.1) is 5.82 Å². The minimum atomic E-state index is -3.91. The van der Waals surface area contributed by atoms with Crippen molar-refractivity contribution < 1.29 is 17.2 Å². The number of aromatic nitrogens is 4. The molecule has 2 heterocycles. The molecule has 148 valence electrons. The molecule has 0 aromatic carbocycles. The largest absolute Gasteiger partial charge is 0.405 e. The van der Waals surface area contributed by atoms with Crippen LogP contribution in [0.5, 0.6) is 0 Å². The fraction of sp³-hybridized carbons (Fsp3) is 0.529. The van der Waals surface area contributed by atoms with E-state index in [4.69, 9.17) is 4.43 Å². The van der Waals surface area contributed by atoms with Crippen molar-refractivity contribution in [2.75, 3.05) is 0 Å². The summed E-state index contributed by atoms with van der Waals surface area (Å²) in [5, 5.41) is -1.51. The summed E-state index contributed by atoms with van der Waals surface area (Å²) in [4.78, 5) is 15.7. The van der Waals surface area contributed by atoms with E-state index in [0.717, 1.165) is 12.4 Å². The third-order valence-electron chi connectivity index (χ3n) is 4.83. The number of hydrogen-bond donors (Lipinski definition) is 0. The molecule has 0 radical (unpaired) electrons. The predicted octanol–water partition coefficient (Wildman–Crippen LogP) is 3.33. The highest BCUT2D eigenvalue weighted by atomic mass is 32.2. The van der Waals surface area contributed by atoms with E-state index in [1.807, 2.05) is 33.9 Å².